The van der Waals surface area contributed by atoms with E-state index in [-0.39, 0.29) is 17.4 Å². The van der Waals surface area contributed by atoms with Crippen molar-refractivity contribution in [3.63, 3.8) is 0 Å². The standard InChI is InChI=1S/C26H34ClN3O3/c1-8-10-21(31)32-17(4)33-25(24-23(27)16(3)29-30(24)9-2)22(20-15-28-20)18-11-13-19(14-12-18)26(5,6)7/h11-15,17,20H,8-10H2,1-7H3/b25-22+. The van der Waals surface area contributed by atoms with E-state index in [4.69, 9.17) is 21.1 Å². The molecule has 0 aliphatic carbocycles. The second kappa shape index (κ2) is 10.1. The molecule has 1 aliphatic heterocycles. The van der Waals surface area contributed by atoms with Gasteiger partial charge in [-0.25, -0.2) is 0 Å². The Labute approximate surface area is 201 Å². The van der Waals surface area contributed by atoms with E-state index in [1.54, 1.807) is 6.92 Å². The molecular weight excluding hydrogens is 438 g/mol. The Morgan fingerprint density at radius 3 is 2.33 bits per heavy atom. The normalized spacial score (nSPS) is 16.9. The zero-order valence-electron chi connectivity index (χ0n) is 20.6. The Kier molecular flexibility index (Phi) is 7.68. The van der Waals surface area contributed by atoms with Crippen LogP contribution < -0.4 is 0 Å². The number of aryl methyl sites for hydroxylation is 2. The van der Waals surface area contributed by atoms with E-state index in [0.29, 0.717) is 41.6 Å². The number of aromatic nitrogens is 2. The first-order valence-corrected chi connectivity index (χ1v) is 11.9. The molecule has 0 N–H and O–H groups in total. The Morgan fingerprint density at radius 2 is 1.82 bits per heavy atom. The number of carbonyl (C=O) groups is 1. The minimum absolute atomic E-state index is 0.0427. The summed E-state index contributed by atoms with van der Waals surface area (Å²) in [6.45, 7) is 14.7. The van der Waals surface area contributed by atoms with Crippen molar-refractivity contribution in [2.45, 2.75) is 85.6 Å². The summed E-state index contributed by atoms with van der Waals surface area (Å²) in [5.41, 5.74) is 4.51. The number of ether oxygens (including phenoxy) is 2. The maximum absolute atomic E-state index is 12.1. The Morgan fingerprint density at radius 1 is 1.18 bits per heavy atom. The molecule has 178 valence electrons. The van der Waals surface area contributed by atoms with Gasteiger partial charge in [0.15, 0.2) is 5.76 Å². The first-order valence-electron chi connectivity index (χ1n) is 11.5. The maximum Gasteiger partial charge on any atom is 0.308 e. The third kappa shape index (κ3) is 5.85. The molecule has 0 bridgehead atoms. The smallest absolute Gasteiger partial charge is 0.308 e. The monoisotopic (exact) mass is 471 g/mol. The molecule has 33 heavy (non-hydrogen) atoms. The van der Waals surface area contributed by atoms with Crippen molar-refractivity contribution < 1.29 is 14.3 Å². The van der Waals surface area contributed by atoms with E-state index in [1.165, 1.54) is 5.56 Å². The number of nitrogens with zero attached hydrogens (tertiary/aromatic N) is 3. The Hall–Kier alpha value is -2.60. The summed E-state index contributed by atoms with van der Waals surface area (Å²) >= 11 is 6.72. The average molecular weight is 472 g/mol. The Bertz CT molecular complexity index is 1060. The number of carbonyl (C=O) groups excluding carboxylic acids is 1. The van der Waals surface area contributed by atoms with Crippen molar-refractivity contribution >= 4 is 35.1 Å². The lowest BCUT2D eigenvalue weighted by molar-refractivity contribution is -0.164. The van der Waals surface area contributed by atoms with Gasteiger partial charge in [-0.2, -0.15) is 5.10 Å². The van der Waals surface area contributed by atoms with Crippen LogP contribution in [0.15, 0.2) is 29.3 Å². The molecule has 1 aliphatic rings. The zero-order chi connectivity index (χ0) is 24.3. The quantitative estimate of drug-likeness (QED) is 0.248. The van der Waals surface area contributed by atoms with Crippen LogP contribution in [0.25, 0.3) is 11.3 Å². The van der Waals surface area contributed by atoms with Crippen LogP contribution in [0.4, 0.5) is 0 Å². The molecule has 2 aromatic rings. The summed E-state index contributed by atoms with van der Waals surface area (Å²) in [5.74, 6) is 0.236. The van der Waals surface area contributed by atoms with E-state index < -0.39 is 6.29 Å². The van der Waals surface area contributed by atoms with Gasteiger partial charge < -0.3 is 9.47 Å². The fourth-order valence-electron chi connectivity index (χ4n) is 3.67. The number of halogens is 1. The van der Waals surface area contributed by atoms with Gasteiger partial charge in [0.1, 0.15) is 11.7 Å². The van der Waals surface area contributed by atoms with Gasteiger partial charge in [0.25, 0.3) is 0 Å². The molecule has 2 heterocycles. The number of rotatable bonds is 9. The lowest BCUT2D eigenvalue weighted by atomic mass is 9.86. The molecule has 3 rings (SSSR count). The van der Waals surface area contributed by atoms with Crippen molar-refractivity contribution in [2.75, 3.05) is 0 Å². The Balaban J connectivity index is 2.14. The molecule has 0 radical (unpaired) electrons. The van der Waals surface area contributed by atoms with Gasteiger partial charge in [0, 0.05) is 31.7 Å². The first kappa shape index (κ1) is 25.0. The number of esters is 1. The molecule has 0 amide bonds. The fourth-order valence-corrected chi connectivity index (χ4v) is 3.89. The highest BCUT2D eigenvalue weighted by Crippen LogP contribution is 2.39. The summed E-state index contributed by atoms with van der Waals surface area (Å²) < 4.78 is 13.6. The molecule has 2 unspecified atom stereocenters. The van der Waals surface area contributed by atoms with Gasteiger partial charge >= 0.3 is 5.97 Å². The highest BCUT2D eigenvalue weighted by atomic mass is 35.5. The predicted octanol–water partition coefficient (Wildman–Crippen LogP) is 6.19. The molecule has 1 aromatic heterocycles. The van der Waals surface area contributed by atoms with Crippen LogP contribution in [0.5, 0.6) is 0 Å². The second-order valence-electron chi connectivity index (χ2n) is 9.30. The van der Waals surface area contributed by atoms with Crippen LogP contribution in [0.2, 0.25) is 5.02 Å². The van der Waals surface area contributed by atoms with Gasteiger partial charge in [-0.3, -0.25) is 14.5 Å². The average Bonchev–Trinajstić information content (AvgIpc) is 3.53. The van der Waals surface area contributed by atoms with Gasteiger partial charge in [-0.05, 0) is 36.8 Å². The number of benzene rings is 1. The third-order valence-corrected chi connectivity index (χ3v) is 5.96. The van der Waals surface area contributed by atoms with E-state index in [9.17, 15) is 4.79 Å². The van der Waals surface area contributed by atoms with Crippen LogP contribution >= 0.6 is 11.6 Å². The molecule has 0 saturated heterocycles. The third-order valence-electron chi connectivity index (χ3n) is 5.50. The van der Waals surface area contributed by atoms with E-state index in [1.807, 2.05) is 31.7 Å². The number of hydrogen-bond acceptors (Lipinski definition) is 5. The highest BCUT2D eigenvalue weighted by molar-refractivity contribution is 6.33. The van der Waals surface area contributed by atoms with Gasteiger partial charge in [0.05, 0.1) is 10.7 Å². The van der Waals surface area contributed by atoms with Gasteiger partial charge in [-0.1, -0.05) is 63.6 Å². The zero-order valence-corrected chi connectivity index (χ0v) is 21.4. The van der Waals surface area contributed by atoms with Gasteiger partial charge in [0.2, 0.25) is 6.29 Å². The fraction of sp³-hybridized carbons (Fsp3) is 0.500. The van der Waals surface area contributed by atoms with E-state index in [0.717, 1.165) is 11.1 Å². The summed E-state index contributed by atoms with van der Waals surface area (Å²) in [5, 5.41) is 5.09. The predicted molar refractivity (Wildman–Crippen MR) is 133 cm³/mol. The summed E-state index contributed by atoms with van der Waals surface area (Å²) in [6.07, 6.45) is 2.13. The van der Waals surface area contributed by atoms with Crippen LogP contribution in [0.3, 0.4) is 0 Å². The van der Waals surface area contributed by atoms with Crippen LogP contribution in [0.1, 0.15) is 76.9 Å². The van der Waals surface area contributed by atoms with Crippen LogP contribution in [-0.2, 0) is 26.2 Å². The molecule has 0 fully saturated rings. The molecule has 6 nitrogen and oxygen atoms in total. The van der Waals surface area contributed by atoms with E-state index >= 15 is 0 Å². The second-order valence-corrected chi connectivity index (χ2v) is 9.68. The van der Waals surface area contributed by atoms with Crippen molar-refractivity contribution in [2.24, 2.45) is 4.99 Å². The summed E-state index contributed by atoms with van der Waals surface area (Å²) in [4.78, 5) is 16.5. The van der Waals surface area contributed by atoms with E-state index in [2.05, 4.69) is 55.1 Å². The number of hydrogen-bond donors (Lipinski definition) is 0. The minimum atomic E-state index is -0.793. The number of aliphatic imine (C=N–C) groups is 1. The first-order chi connectivity index (χ1) is 15.6. The SMILES string of the molecule is CCCC(=O)OC(C)O/C(=C(\c1ccc(C(C)(C)C)cc1)C1C=N1)c1c(Cl)c(C)nn1CC. The topological polar surface area (TPSA) is 65.7 Å². The van der Waals surface area contributed by atoms with Crippen LogP contribution in [-0.4, -0.2) is 34.3 Å². The molecule has 0 saturated carbocycles. The minimum Gasteiger partial charge on any atom is -0.452 e. The lowest BCUT2D eigenvalue weighted by Gasteiger charge is -2.23. The molecule has 0 spiro atoms. The van der Waals surface area contributed by atoms with Crippen molar-refractivity contribution in [3.05, 3.63) is 51.8 Å². The van der Waals surface area contributed by atoms with Crippen molar-refractivity contribution in [1.29, 1.82) is 0 Å². The maximum atomic E-state index is 12.1. The summed E-state index contributed by atoms with van der Waals surface area (Å²) in [7, 11) is 0. The molecule has 1 aromatic carbocycles. The van der Waals surface area contributed by atoms with Crippen molar-refractivity contribution in [1.82, 2.24) is 9.78 Å². The highest BCUT2D eigenvalue weighted by Gasteiger charge is 2.32. The molecular formula is C26H34ClN3O3. The van der Waals surface area contributed by atoms with Crippen molar-refractivity contribution in [3.8, 4) is 0 Å². The lowest BCUT2D eigenvalue weighted by Crippen LogP contribution is -2.20. The molecule has 7 heteroatoms. The van der Waals surface area contributed by atoms with Crippen LogP contribution in [0, 0.1) is 6.92 Å². The summed E-state index contributed by atoms with van der Waals surface area (Å²) in [6, 6.07) is 8.30. The van der Waals surface area contributed by atoms with Gasteiger partial charge in [-0.15, -0.1) is 0 Å². The molecule has 2 atom stereocenters. The largest absolute Gasteiger partial charge is 0.452 e.